The molecule has 0 spiro atoms. The number of aromatic nitrogens is 1. The molecule has 2 aromatic rings. The minimum absolute atomic E-state index is 0.0370. The molecule has 1 unspecified atom stereocenters. The second kappa shape index (κ2) is 10.0. The maximum Gasteiger partial charge on any atom is 0.263 e. The Kier molecular flexibility index (Phi) is 7.19. The van der Waals surface area contributed by atoms with Crippen molar-refractivity contribution in [1.82, 2.24) is 20.5 Å². The SMILES string of the molecule is CNC(=O)c1cc(C(=O)NCCC2CCCCN2)cn(Cc2ccccc2)c1=O. The van der Waals surface area contributed by atoms with E-state index in [0.717, 1.165) is 24.9 Å². The Morgan fingerprint density at radius 3 is 2.66 bits per heavy atom. The van der Waals surface area contributed by atoms with Crippen LogP contribution in [0.4, 0.5) is 0 Å². The van der Waals surface area contributed by atoms with Crippen molar-refractivity contribution in [3.8, 4) is 0 Å². The summed E-state index contributed by atoms with van der Waals surface area (Å²) in [7, 11) is 1.47. The van der Waals surface area contributed by atoms with Crippen LogP contribution >= 0.6 is 0 Å². The van der Waals surface area contributed by atoms with Gasteiger partial charge in [-0.05, 0) is 37.4 Å². The molecule has 0 bridgehead atoms. The number of piperidine rings is 1. The van der Waals surface area contributed by atoms with E-state index >= 15 is 0 Å². The number of hydrogen-bond acceptors (Lipinski definition) is 4. The van der Waals surface area contributed by atoms with Crippen LogP contribution in [0.1, 0.15) is 52.0 Å². The summed E-state index contributed by atoms with van der Waals surface area (Å²) in [5.74, 6) is -0.786. The van der Waals surface area contributed by atoms with Gasteiger partial charge in [0.2, 0.25) is 0 Å². The minimum atomic E-state index is -0.502. The molecule has 0 saturated carbocycles. The van der Waals surface area contributed by atoms with Gasteiger partial charge in [0.05, 0.1) is 12.1 Å². The molecule has 3 rings (SSSR count). The van der Waals surface area contributed by atoms with E-state index in [1.165, 1.54) is 36.7 Å². The highest BCUT2D eigenvalue weighted by atomic mass is 16.2. The molecule has 1 aromatic heterocycles. The van der Waals surface area contributed by atoms with E-state index in [9.17, 15) is 14.4 Å². The third-order valence-corrected chi connectivity index (χ3v) is 5.21. The summed E-state index contributed by atoms with van der Waals surface area (Å²) in [5, 5.41) is 8.85. The lowest BCUT2D eigenvalue weighted by Crippen LogP contribution is -2.38. The van der Waals surface area contributed by atoms with Gasteiger partial charge < -0.3 is 20.5 Å². The standard InChI is InChI=1S/C22H28N4O3/c1-23-21(28)19-13-17(20(27)25-12-10-18-9-5-6-11-24-18)15-26(22(19)29)14-16-7-3-2-4-8-16/h2-4,7-8,13,15,18,24H,5-6,9-12,14H2,1H3,(H,23,28)(H,25,27). The molecule has 1 atom stereocenters. The Labute approximate surface area is 170 Å². The summed E-state index contributed by atoms with van der Waals surface area (Å²) in [6.07, 6.45) is 5.92. The average molecular weight is 396 g/mol. The molecule has 1 saturated heterocycles. The number of nitrogens with one attached hydrogen (secondary N) is 3. The Hall–Kier alpha value is -2.93. The Morgan fingerprint density at radius 1 is 1.17 bits per heavy atom. The normalized spacial score (nSPS) is 16.2. The molecule has 154 valence electrons. The van der Waals surface area contributed by atoms with Crippen LogP contribution in [0.3, 0.4) is 0 Å². The van der Waals surface area contributed by atoms with Gasteiger partial charge in [-0.15, -0.1) is 0 Å². The fourth-order valence-corrected chi connectivity index (χ4v) is 3.59. The van der Waals surface area contributed by atoms with Gasteiger partial charge in [0.15, 0.2) is 0 Å². The summed E-state index contributed by atoms with van der Waals surface area (Å²) in [5.41, 5.74) is 0.760. The predicted molar refractivity (Wildman–Crippen MR) is 112 cm³/mol. The maximum absolute atomic E-state index is 12.7. The molecule has 2 heterocycles. The van der Waals surface area contributed by atoms with E-state index in [1.807, 2.05) is 30.3 Å². The topological polar surface area (TPSA) is 92.2 Å². The van der Waals surface area contributed by atoms with Gasteiger partial charge in [0.25, 0.3) is 17.4 Å². The Bertz CT molecular complexity index is 902. The highest BCUT2D eigenvalue weighted by Crippen LogP contribution is 2.10. The third kappa shape index (κ3) is 5.54. The number of carbonyl (C=O) groups excluding carboxylic acids is 2. The Balaban J connectivity index is 1.77. The number of benzene rings is 1. The molecule has 1 aliphatic heterocycles. The van der Waals surface area contributed by atoms with Crippen LogP contribution in [0.5, 0.6) is 0 Å². The minimum Gasteiger partial charge on any atom is -0.355 e. The number of pyridine rings is 1. The number of hydrogen-bond donors (Lipinski definition) is 3. The van der Waals surface area contributed by atoms with Crippen LogP contribution in [0.2, 0.25) is 0 Å². The number of carbonyl (C=O) groups is 2. The number of nitrogens with zero attached hydrogens (tertiary/aromatic N) is 1. The lowest BCUT2D eigenvalue weighted by molar-refractivity contribution is 0.0950. The largest absolute Gasteiger partial charge is 0.355 e. The molecule has 2 amide bonds. The second-order valence-electron chi connectivity index (χ2n) is 7.33. The van der Waals surface area contributed by atoms with Crippen molar-refractivity contribution in [2.45, 2.75) is 38.3 Å². The van der Waals surface area contributed by atoms with Gasteiger partial charge in [-0.3, -0.25) is 14.4 Å². The van der Waals surface area contributed by atoms with Crippen molar-refractivity contribution in [1.29, 1.82) is 0 Å². The number of rotatable bonds is 7. The van der Waals surface area contributed by atoms with Gasteiger partial charge in [-0.25, -0.2) is 0 Å². The Morgan fingerprint density at radius 2 is 1.97 bits per heavy atom. The fourth-order valence-electron chi connectivity index (χ4n) is 3.59. The van der Waals surface area contributed by atoms with Crippen molar-refractivity contribution < 1.29 is 9.59 Å². The van der Waals surface area contributed by atoms with Crippen LogP contribution in [-0.4, -0.2) is 42.6 Å². The van der Waals surface area contributed by atoms with Crippen molar-refractivity contribution in [3.63, 3.8) is 0 Å². The maximum atomic E-state index is 12.7. The van der Waals surface area contributed by atoms with Crippen molar-refractivity contribution in [3.05, 3.63) is 69.6 Å². The molecular weight excluding hydrogens is 368 g/mol. The zero-order valence-electron chi connectivity index (χ0n) is 16.7. The van der Waals surface area contributed by atoms with Crippen LogP contribution in [-0.2, 0) is 6.54 Å². The predicted octanol–water partition coefficient (Wildman–Crippen LogP) is 1.52. The van der Waals surface area contributed by atoms with Crippen molar-refractivity contribution in [2.24, 2.45) is 0 Å². The van der Waals surface area contributed by atoms with Crippen LogP contribution < -0.4 is 21.5 Å². The summed E-state index contributed by atoms with van der Waals surface area (Å²) < 4.78 is 1.41. The first-order valence-electron chi connectivity index (χ1n) is 10.1. The third-order valence-electron chi connectivity index (χ3n) is 5.21. The first-order chi connectivity index (χ1) is 14.1. The van der Waals surface area contributed by atoms with Gasteiger partial charge >= 0.3 is 0 Å². The van der Waals surface area contributed by atoms with Gasteiger partial charge in [-0.1, -0.05) is 36.8 Å². The lowest BCUT2D eigenvalue weighted by atomic mass is 10.0. The van der Waals surface area contributed by atoms with E-state index in [-0.39, 0.29) is 18.0 Å². The summed E-state index contributed by atoms with van der Waals surface area (Å²) >= 11 is 0. The highest BCUT2D eigenvalue weighted by Gasteiger charge is 2.18. The molecule has 0 aliphatic carbocycles. The van der Waals surface area contributed by atoms with Gasteiger partial charge in [0.1, 0.15) is 5.56 Å². The lowest BCUT2D eigenvalue weighted by Gasteiger charge is -2.23. The molecule has 7 heteroatoms. The first kappa shape index (κ1) is 20.8. The second-order valence-corrected chi connectivity index (χ2v) is 7.33. The highest BCUT2D eigenvalue weighted by molar-refractivity contribution is 5.99. The van der Waals surface area contributed by atoms with Gasteiger partial charge in [0, 0.05) is 25.8 Å². The molecule has 0 radical (unpaired) electrons. The molecule has 1 fully saturated rings. The van der Waals surface area contributed by atoms with Crippen molar-refractivity contribution >= 4 is 11.8 Å². The van der Waals surface area contributed by atoms with Crippen LogP contribution in [0, 0.1) is 0 Å². The van der Waals surface area contributed by atoms with E-state index in [1.54, 1.807) is 0 Å². The van der Waals surface area contributed by atoms with Gasteiger partial charge in [-0.2, -0.15) is 0 Å². The molecule has 1 aromatic carbocycles. The van der Waals surface area contributed by atoms with Crippen LogP contribution in [0.15, 0.2) is 47.4 Å². The zero-order valence-corrected chi connectivity index (χ0v) is 16.7. The molecule has 1 aliphatic rings. The van der Waals surface area contributed by atoms with E-state index in [2.05, 4.69) is 16.0 Å². The van der Waals surface area contributed by atoms with E-state index in [0.29, 0.717) is 18.2 Å². The molecule has 3 N–H and O–H groups in total. The molecule has 7 nitrogen and oxygen atoms in total. The smallest absolute Gasteiger partial charge is 0.263 e. The first-order valence-corrected chi connectivity index (χ1v) is 10.1. The zero-order chi connectivity index (χ0) is 20.6. The quantitative estimate of drug-likeness (QED) is 0.662. The average Bonchev–Trinajstić information content (AvgIpc) is 2.76. The van der Waals surface area contributed by atoms with E-state index in [4.69, 9.17) is 0 Å². The van der Waals surface area contributed by atoms with Crippen molar-refractivity contribution in [2.75, 3.05) is 20.1 Å². The summed E-state index contributed by atoms with van der Waals surface area (Å²) in [6.45, 7) is 1.86. The van der Waals surface area contributed by atoms with E-state index < -0.39 is 11.5 Å². The molecule has 29 heavy (non-hydrogen) atoms. The monoisotopic (exact) mass is 396 g/mol. The summed E-state index contributed by atoms with van der Waals surface area (Å²) in [4.78, 5) is 37.6. The number of amides is 2. The summed E-state index contributed by atoms with van der Waals surface area (Å²) in [6, 6.07) is 11.3. The molecular formula is C22H28N4O3. The van der Waals surface area contributed by atoms with Crippen LogP contribution in [0.25, 0.3) is 0 Å². The fraction of sp³-hybridized carbons (Fsp3) is 0.409.